The first-order valence-corrected chi connectivity index (χ1v) is 8.03. The Morgan fingerprint density at radius 3 is 2.78 bits per heavy atom. The second-order valence-corrected chi connectivity index (χ2v) is 6.16. The van der Waals surface area contributed by atoms with Crippen molar-refractivity contribution in [2.24, 2.45) is 11.8 Å². The zero-order chi connectivity index (χ0) is 16.0. The molecule has 1 N–H and O–H groups in total. The van der Waals surface area contributed by atoms with Crippen molar-refractivity contribution in [3.63, 3.8) is 0 Å². The standard InChI is InChI=1S/C17H20O6/c1-2-20-16(19)12-11-13(18)14-10(22-15(11)12)8-21-17(23-14)9-6-4-3-5-7-9/h3-7,10-15,17-18H,2,8H2,1H3/t10-,11-,12+,13-,14-,15+,17-/m1/s1. The first kappa shape index (κ1) is 15.1. The van der Waals surface area contributed by atoms with Gasteiger partial charge in [0.25, 0.3) is 0 Å². The maximum absolute atomic E-state index is 11.9. The van der Waals surface area contributed by atoms with Gasteiger partial charge in [-0.15, -0.1) is 0 Å². The van der Waals surface area contributed by atoms with Crippen LogP contribution in [0.3, 0.4) is 0 Å². The van der Waals surface area contributed by atoms with E-state index in [0.717, 1.165) is 5.56 Å². The van der Waals surface area contributed by atoms with Gasteiger partial charge in [0.05, 0.1) is 31.3 Å². The van der Waals surface area contributed by atoms with E-state index < -0.39 is 24.4 Å². The minimum atomic E-state index is -0.747. The van der Waals surface area contributed by atoms with Gasteiger partial charge in [-0.3, -0.25) is 4.79 Å². The van der Waals surface area contributed by atoms with E-state index in [2.05, 4.69) is 0 Å². The molecule has 1 aromatic carbocycles. The number of esters is 1. The Morgan fingerprint density at radius 1 is 1.26 bits per heavy atom. The molecule has 0 amide bonds. The lowest BCUT2D eigenvalue weighted by Crippen LogP contribution is -2.53. The number of rotatable bonds is 3. The fraction of sp³-hybridized carbons (Fsp3) is 0.588. The molecule has 1 aromatic rings. The Balaban J connectivity index is 1.47. The number of benzene rings is 1. The van der Waals surface area contributed by atoms with Crippen LogP contribution in [0.15, 0.2) is 30.3 Å². The summed E-state index contributed by atoms with van der Waals surface area (Å²) in [6.45, 7) is 2.43. The molecule has 7 atom stereocenters. The lowest BCUT2D eigenvalue weighted by Gasteiger charge is -2.41. The Bertz CT molecular complexity index is 576. The van der Waals surface area contributed by atoms with E-state index in [1.807, 2.05) is 30.3 Å². The van der Waals surface area contributed by atoms with Crippen LogP contribution in [-0.2, 0) is 23.7 Å². The quantitative estimate of drug-likeness (QED) is 0.839. The van der Waals surface area contributed by atoms with Gasteiger partial charge in [-0.05, 0) is 6.92 Å². The highest BCUT2D eigenvalue weighted by Crippen LogP contribution is 2.52. The van der Waals surface area contributed by atoms with Gasteiger partial charge in [0.1, 0.15) is 12.2 Å². The predicted molar refractivity (Wildman–Crippen MR) is 78.3 cm³/mol. The summed E-state index contributed by atoms with van der Waals surface area (Å²) >= 11 is 0. The molecule has 0 spiro atoms. The molecule has 0 unspecified atom stereocenters. The second kappa shape index (κ2) is 5.87. The Hall–Kier alpha value is -1.47. The Labute approximate surface area is 134 Å². The lowest BCUT2D eigenvalue weighted by molar-refractivity contribution is -0.300. The van der Waals surface area contributed by atoms with Gasteiger partial charge in [-0.2, -0.15) is 0 Å². The largest absolute Gasteiger partial charge is 0.466 e. The van der Waals surface area contributed by atoms with Crippen molar-refractivity contribution < 1.29 is 28.8 Å². The van der Waals surface area contributed by atoms with Crippen molar-refractivity contribution in [2.75, 3.05) is 13.2 Å². The summed E-state index contributed by atoms with van der Waals surface area (Å²) in [5, 5.41) is 10.6. The average molecular weight is 320 g/mol. The van der Waals surface area contributed by atoms with Crippen LogP contribution in [0.4, 0.5) is 0 Å². The summed E-state index contributed by atoms with van der Waals surface area (Å²) in [6.07, 6.45) is -2.40. The van der Waals surface area contributed by atoms with E-state index in [1.54, 1.807) is 6.92 Å². The molecule has 23 heavy (non-hydrogen) atoms. The summed E-state index contributed by atoms with van der Waals surface area (Å²) in [4.78, 5) is 11.9. The number of ether oxygens (including phenoxy) is 4. The van der Waals surface area contributed by atoms with Crippen LogP contribution < -0.4 is 0 Å². The van der Waals surface area contributed by atoms with Crippen LogP contribution in [0.1, 0.15) is 18.8 Å². The van der Waals surface area contributed by atoms with Crippen LogP contribution in [0, 0.1) is 11.8 Å². The van der Waals surface area contributed by atoms with Crippen molar-refractivity contribution in [1.82, 2.24) is 0 Å². The second-order valence-electron chi connectivity index (χ2n) is 6.16. The number of aliphatic hydroxyl groups is 1. The molecular formula is C17H20O6. The van der Waals surface area contributed by atoms with Gasteiger partial charge < -0.3 is 24.1 Å². The van der Waals surface area contributed by atoms with E-state index in [-0.39, 0.29) is 24.1 Å². The van der Waals surface area contributed by atoms with Crippen LogP contribution in [-0.4, -0.2) is 48.7 Å². The van der Waals surface area contributed by atoms with E-state index >= 15 is 0 Å². The van der Waals surface area contributed by atoms with Gasteiger partial charge >= 0.3 is 5.97 Å². The number of hydrogen-bond acceptors (Lipinski definition) is 6. The van der Waals surface area contributed by atoms with Gasteiger partial charge in [0.2, 0.25) is 0 Å². The normalized spacial score (nSPS) is 41.6. The van der Waals surface area contributed by atoms with Crippen molar-refractivity contribution in [3.8, 4) is 0 Å². The molecule has 1 saturated carbocycles. The lowest BCUT2D eigenvalue weighted by atomic mass is 9.99. The van der Waals surface area contributed by atoms with Crippen LogP contribution in [0.5, 0.6) is 0 Å². The molecule has 4 rings (SSSR count). The fourth-order valence-corrected chi connectivity index (χ4v) is 3.59. The summed E-state index contributed by atoms with van der Waals surface area (Å²) < 4.78 is 22.6. The summed E-state index contributed by atoms with van der Waals surface area (Å²) in [5.74, 6) is -0.945. The third kappa shape index (κ3) is 2.55. The van der Waals surface area contributed by atoms with Crippen LogP contribution >= 0.6 is 0 Å². The molecule has 2 heterocycles. The minimum absolute atomic E-state index is 0.246. The summed E-state index contributed by atoms with van der Waals surface area (Å²) in [5.41, 5.74) is 0.901. The van der Waals surface area contributed by atoms with Gasteiger partial charge in [0.15, 0.2) is 6.29 Å². The number of fused-ring (bicyclic) bond motifs is 2. The molecular weight excluding hydrogens is 300 g/mol. The number of carbonyl (C=O) groups is 1. The average Bonchev–Trinajstić information content (AvgIpc) is 3.30. The third-order valence-corrected chi connectivity index (χ3v) is 4.76. The molecule has 124 valence electrons. The Kier molecular flexibility index (Phi) is 3.85. The first-order chi connectivity index (χ1) is 11.2. The van der Waals surface area contributed by atoms with Crippen molar-refractivity contribution in [1.29, 1.82) is 0 Å². The van der Waals surface area contributed by atoms with E-state index in [1.165, 1.54) is 0 Å². The van der Waals surface area contributed by atoms with Gasteiger partial charge in [-0.25, -0.2) is 0 Å². The maximum atomic E-state index is 11.9. The topological polar surface area (TPSA) is 74.2 Å². The van der Waals surface area contributed by atoms with Crippen molar-refractivity contribution in [2.45, 2.75) is 37.6 Å². The zero-order valence-electron chi connectivity index (χ0n) is 12.8. The van der Waals surface area contributed by atoms with Gasteiger partial charge in [-0.1, -0.05) is 30.3 Å². The molecule has 3 fully saturated rings. The zero-order valence-corrected chi connectivity index (χ0v) is 12.8. The highest BCUT2D eigenvalue weighted by molar-refractivity contribution is 5.77. The minimum Gasteiger partial charge on any atom is -0.466 e. The summed E-state index contributed by atoms with van der Waals surface area (Å²) in [6, 6.07) is 9.59. The highest BCUT2D eigenvalue weighted by atomic mass is 16.7. The van der Waals surface area contributed by atoms with Gasteiger partial charge in [0, 0.05) is 11.5 Å². The molecule has 6 heteroatoms. The molecule has 0 radical (unpaired) electrons. The predicted octanol–water partition coefficient (Wildman–Crippen LogP) is 1.04. The fourth-order valence-electron chi connectivity index (χ4n) is 3.59. The van der Waals surface area contributed by atoms with Crippen LogP contribution in [0.2, 0.25) is 0 Å². The number of aliphatic hydroxyl groups excluding tert-OH is 1. The molecule has 0 bridgehead atoms. The van der Waals surface area contributed by atoms with E-state index in [9.17, 15) is 9.90 Å². The first-order valence-electron chi connectivity index (χ1n) is 8.03. The summed E-state index contributed by atoms with van der Waals surface area (Å²) in [7, 11) is 0. The van der Waals surface area contributed by atoms with E-state index in [4.69, 9.17) is 18.9 Å². The maximum Gasteiger partial charge on any atom is 0.312 e. The highest BCUT2D eigenvalue weighted by Gasteiger charge is 2.67. The smallest absolute Gasteiger partial charge is 0.312 e. The SMILES string of the molecule is CCOC(=O)[C@@H]1[C@H]2O[C@@H]3CO[C@@H](c4ccccc4)O[C@H]3[C@H](O)[C@H]21. The monoisotopic (exact) mass is 320 g/mol. The molecule has 0 aromatic heterocycles. The van der Waals surface area contributed by atoms with E-state index in [0.29, 0.717) is 13.2 Å². The van der Waals surface area contributed by atoms with Crippen molar-refractivity contribution >= 4 is 5.97 Å². The number of hydrogen-bond donors (Lipinski definition) is 1. The molecule has 3 aliphatic rings. The molecule has 2 saturated heterocycles. The molecule has 6 nitrogen and oxygen atoms in total. The molecule has 2 aliphatic heterocycles. The van der Waals surface area contributed by atoms with Crippen LogP contribution in [0.25, 0.3) is 0 Å². The third-order valence-electron chi connectivity index (χ3n) is 4.76. The Morgan fingerprint density at radius 2 is 2.04 bits per heavy atom. The number of carbonyl (C=O) groups excluding carboxylic acids is 1. The molecule has 1 aliphatic carbocycles. The van der Waals surface area contributed by atoms with Crippen molar-refractivity contribution in [3.05, 3.63) is 35.9 Å².